The lowest BCUT2D eigenvalue weighted by atomic mass is 10.1. The SMILES string of the molecule is C[C@H](NC(=O)OC(C)(C)C)c1oc2c(C(=O)O)cc(F)cc2c1Cl. The van der Waals surface area contributed by atoms with E-state index in [1.807, 2.05) is 0 Å². The second-order valence-electron chi connectivity index (χ2n) is 6.28. The van der Waals surface area contributed by atoms with Crippen molar-refractivity contribution < 1.29 is 28.2 Å². The standard InChI is InChI=1S/C16H17ClFNO5/c1-7(19-15(22)24-16(2,3)4)12-11(17)9-5-8(18)6-10(14(20)21)13(9)23-12/h5-7H,1-4H3,(H,19,22)(H,20,21)/t7-/m0/s1. The van der Waals surface area contributed by atoms with Crippen molar-refractivity contribution in [3.05, 3.63) is 34.3 Å². The van der Waals surface area contributed by atoms with E-state index in [4.69, 9.17) is 25.9 Å². The number of nitrogens with one attached hydrogen (secondary N) is 1. The highest BCUT2D eigenvalue weighted by Gasteiger charge is 2.25. The van der Waals surface area contributed by atoms with Crippen LogP contribution in [0.1, 0.15) is 49.9 Å². The van der Waals surface area contributed by atoms with Gasteiger partial charge in [0, 0.05) is 5.39 Å². The van der Waals surface area contributed by atoms with Gasteiger partial charge in [-0.2, -0.15) is 0 Å². The minimum atomic E-state index is -1.34. The molecule has 2 rings (SSSR count). The summed E-state index contributed by atoms with van der Waals surface area (Å²) in [5.74, 6) is -1.98. The number of hydrogen-bond acceptors (Lipinski definition) is 4. The largest absolute Gasteiger partial charge is 0.478 e. The monoisotopic (exact) mass is 357 g/mol. The van der Waals surface area contributed by atoms with Crippen molar-refractivity contribution in [1.29, 1.82) is 0 Å². The first-order chi connectivity index (χ1) is 11.0. The normalized spacial score (nSPS) is 12.9. The van der Waals surface area contributed by atoms with E-state index in [-0.39, 0.29) is 27.3 Å². The molecule has 1 aromatic heterocycles. The first kappa shape index (κ1) is 18.1. The van der Waals surface area contributed by atoms with Crippen LogP contribution in [0.25, 0.3) is 11.0 Å². The van der Waals surface area contributed by atoms with Gasteiger partial charge in [-0.15, -0.1) is 0 Å². The predicted molar refractivity (Wildman–Crippen MR) is 85.9 cm³/mol. The van der Waals surface area contributed by atoms with Crippen molar-refractivity contribution in [3.8, 4) is 0 Å². The average Bonchev–Trinajstić information content (AvgIpc) is 2.73. The summed E-state index contributed by atoms with van der Waals surface area (Å²) in [5.41, 5.74) is -1.08. The summed E-state index contributed by atoms with van der Waals surface area (Å²) >= 11 is 6.17. The van der Waals surface area contributed by atoms with Crippen LogP contribution >= 0.6 is 11.6 Å². The molecule has 0 spiro atoms. The number of carboxylic acids is 1. The molecule has 0 saturated carbocycles. The minimum absolute atomic E-state index is 0.0376. The first-order valence-electron chi connectivity index (χ1n) is 7.14. The second-order valence-corrected chi connectivity index (χ2v) is 6.66. The molecule has 0 radical (unpaired) electrons. The molecule has 8 heteroatoms. The van der Waals surface area contributed by atoms with E-state index in [9.17, 15) is 14.0 Å². The van der Waals surface area contributed by atoms with Gasteiger partial charge in [-0.1, -0.05) is 11.6 Å². The summed E-state index contributed by atoms with van der Waals surface area (Å²) in [4.78, 5) is 23.1. The molecule has 2 N–H and O–H groups in total. The van der Waals surface area contributed by atoms with Crippen LogP contribution in [-0.2, 0) is 4.74 Å². The smallest absolute Gasteiger partial charge is 0.408 e. The molecule has 1 heterocycles. The summed E-state index contributed by atoms with van der Waals surface area (Å²) in [6, 6.07) is 1.22. The van der Waals surface area contributed by atoms with E-state index in [1.165, 1.54) is 0 Å². The lowest BCUT2D eigenvalue weighted by Crippen LogP contribution is -2.33. The van der Waals surface area contributed by atoms with E-state index < -0.39 is 29.5 Å². The summed E-state index contributed by atoms with van der Waals surface area (Å²) in [6.07, 6.45) is -0.684. The molecule has 1 aromatic carbocycles. The van der Waals surface area contributed by atoms with Crippen LogP contribution in [0.15, 0.2) is 16.5 Å². The van der Waals surface area contributed by atoms with Crippen molar-refractivity contribution in [2.75, 3.05) is 0 Å². The van der Waals surface area contributed by atoms with Gasteiger partial charge in [0.25, 0.3) is 0 Å². The number of furan rings is 1. The Morgan fingerprint density at radius 3 is 2.54 bits per heavy atom. The summed E-state index contributed by atoms with van der Waals surface area (Å²) < 4.78 is 24.2. The Balaban J connectivity index is 2.39. The molecule has 0 aliphatic rings. The fourth-order valence-corrected chi connectivity index (χ4v) is 2.48. The van der Waals surface area contributed by atoms with Crippen molar-refractivity contribution in [1.82, 2.24) is 5.32 Å². The first-order valence-corrected chi connectivity index (χ1v) is 7.51. The number of amides is 1. The van der Waals surface area contributed by atoms with Gasteiger partial charge >= 0.3 is 12.1 Å². The number of benzene rings is 1. The number of carbonyl (C=O) groups excluding carboxylic acids is 1. The topological polar surface area (TPSA) is 88.8 Å². The number of alkyl carbamates (subject to hydrolysis) is 1. The molecular weight excluding hydrogens is 341 g/mol. The Kier molecular flexibility index (Phi) is 4.75. The van der Waals surface area contributed by atoms with Gasteiger partial charge in [-0.05, 0) is 39.8 Å². The van der Waals surface area contributed by atoms with E-state index in [2.05, 4.69) is 5.32 Å². The molecule has 0 aliphatic heterocycles. The minimum Gasteiger partial charge on any atom is -0.478 e. The molecule has 0 unspecified atom stereocenters. The summed E-state index contributed by atoms with van der Waals surface area (Å²) in [7, 11) is 0. The fourth-order valence-electron chi connectivity index (χ4n) is 2.14. The molecule has 0 saturated heterocycles. The molecule has 0 bridgehead atoms. The summed E-state index contributed by atoms with van der Waals surface area (Å²) in [5, 5.41) is 11.9. The van der Waals surface area contributed by atoms with E-state index in [0.29, 0.717) is 0 Å². The quantitative estimate of drug-likeness (QED) is 0.843. The average molecular weight is 358 g/mol. The van der Waals surface area contributed by atoms with Crippen LogP contribution in [0.2, 0.25) is 5.02 Å². The Morgan fingerprint density at radius 1 is 1.38 bits per heavy atom. The highest BCUT2D eigenvalue weighted by atomic mass is 35.5. The van der Waals surface area contributed by atoms with Crippen LogP contribution < -0.4 is 5.32 Å². The molecule has 6 nitrogen and oxygen atoms in total. The molecule has 1 atom stereocenters. The van der Waals surface area contributed by atoms with Crippen LogP contribution in [0.3, 0.4) is 0 Å². The lowest BCUT2D eigenvalue weighted by molar-refractivity contribution is 0.0501. The number of hydrogen-bond donors (Lipinski definition) is 2. The number of ether oxygens (including phenoxy) is 1. The Bertz CT molecular complexity index is 809. The van der Waals surface area contributed by atoms with Gasteiger partial charge in [0.05, 0.1) is 11.1 Å². The molecule has 2 aromatic rings. The highest BCUT2D eigenvalue weighted by Crippen LogP contribution is 2.36. The maximum absolute atomic E-state index is 13.6. The number of fused-ring (bicyclic) bond motifs is 1. The van der Waals surface area contributed by atoms with Crippen molar-refractivity contribution in [2.45, 2.75) is 39.3 Å². The molecule has 0 fully saturated rings. The van der Waals surface area contributed by atoms with Crippen molar-refractivity contribution in [2.24, 2.45) is 0 Å². The lowest BCUT2D eigenvalue weighted by Gasteiger charge is -2.21. The number of carbonyl (C=O) groups is 2. The number of aromatic carboxylic acids is 1. The predicted octanol–water partition coefficient (Wildman–Crippen LogP) is 4.51. The molecule has 24 heavy (non-hydrogen) atoms. The van der Waals surface area contributed by atoms with Crippen molar-refractivity contribution >= 4 is 34.6 Å². The zero-order chi connectivity index (χ0) is 18.2. The Labute approximate surface area is 142 Å². The number of halogens is 2. The zero-order valence-electron chi connectivity index (χ0n) is 13.6. The molecule has 130 valence electrons. The van der Waals surface area contributed by atoms with Crippen LogP contribution in [0.5, 0.6) is 0 Å². The number of rotatable bonds is 3. The van der Waals surface area contributed by atoms with Crippen LogP contribution in [0, 0.1) is 5.82 Å². The Hall–Kier alpha value is -2.28. The third kappa shape index (κ3) is 3.79. The van der Waals surface area contributed by atoms with Gasteiger partial charge in [0.15, 0.2) is 5.58 Å². The van der Waals surface area contributed by atoms with E-state index in [1.54, 1.807) is 27.7 Å². The van der Waals surface area contributed by atoms with Gasteiger partial charge in [0.1, 0.15) is 22.7 Å². The second kappa shape index (κ2) is 6.32. The van der Waals surface area contributed by atoms with Gasteiger partial charge in [0.2, 0.25) is 0 Å². The fraction of sp³-hybridized carbons (Fsp3) is 0.375. The Morgan fingerprint density at radius 2 is 2.00 bits per heavy atom. The van der Waals surface area contributed by atoms with Crippen LogP contribution in [0.4, 0.5) is 9.18 Å². The van der Waals surface area contributed by atoms with Gasteiger partial charge < -0.3 is 19.6 Å². The highest BCUT2D eigenvalue weighted by molar-refractivity contribution is 6.36. The van der Waals surface area contributed by atoms with Gasteiger partial charge in [-0.25, -0.2) is 14.0 Å². The summed E-state index contributed by atoms with van der Waals surface area (Å²) in [6.45, 7) is 6.73. The van der Waals surface area contributed by atoms with E-state index >= 15 is 0 Å². The van der Waals surface area contributed by atoms with Crippen LogP contribution in [-0.4, -0.2) is 22.8 Å². The molecule has 0 aliphatic carbocycles. The van der Waals surface area contributed by atoms with Crippen molar-refractivity contribution in [3.63, 3.8) is 0 Å². The molecular formula is C16H17ClFNO5. The third-order valence-electron chi connectivity index (χ3n) is 3.08. The maximum Gasteiger partial charge on any atom is 0.408 e. The maximum atomic E-state index is 13.6. The van der Waals surface area contributed by atoms with Gasteiger partial charge in [-0.3, -0.25) is 0 Å². The zero-order valence-corrected chi connectivity index (χ0v) is 14.3. The van der Waals surface area contributed by atoms with E-state index in [0.717, 1.165) is 12.1 Å². The number of carboxylic acid groups (broad SMARTS) is 1. The third-order valence-corrected chi connectivity index (χ3v) is 3.47. The molecule has 1 amide bonds.